The first kappa shape index (κ1) is 23.1. The molecular formula is C20H30O6S. The van der Waals surface area contributed by atoms with Crippen LogP contribution in [0.5, 0.6) is 0 Å². The molecule has 0 N–H and O–H groups in total. The van der Waals surface area contributed by atoms with Crippen LogP contribution in [0.2, 0.25) is 0 Å². The van der Waals surface area contributed by atoms with E-state index in [-0.39, 0.29) is 11.1 Å². The Morgan fingerprint density at radius 3 is 1.56 bits per heavy atom. The van der Waals surface area contributed by atoms with Crippen LogP contribution in [0, 0.1) is 0 Å². The Morgan fingerprint density at radius 2 is 1.26 bits per heavy atom. The second-order valence-electron chi connectivity index (χ2n) is 6.38. The maximum Gasteiger partial charge on any atom is 0.339 e. The molecule has 1 aromatic rings. The predicted molar refractivity (Wildman–Crippen MR) is 105 cm³/mol. The van der Waals surface area contributed by atoms with Crippen molar-refractivity contribution in [2.24, 2.45) is 0 Å². The molecule has 2 rings (SSSR count). The van der Waals surface area contributed by atoms with Crippen LogP contribution in [-0.4, -0.2) is 45.1 Å². The molecule has 1 aliphatic heterocycles. The minimum absolute atomic E-state index is 0.269. The highest BCUT2D eigenvalue weighted by atomic mass is 32.2. The maximum absolute atomic E-state index is 11.9. The van der Waals surface area contributed by atoms with E-state index in [2.05, 4.69) is 0 Å². The van der Waals surface area contributed by atoms with E-state index < -0.39 is 21.8 Å². The lowest BCUT2D eigenvalue weighted by Gasteiger charge is -2.09. The molecule has 1 heterocycles. The first-order valence-electron chi connectivity index (χ1n) is 9.55. The van der Waals surface area contributed by atoms with Gasteiger partial charge in [0.1, 0.15) is 9.84 Å². The third kappa shape index (κ3) is 9.04. The highest BCUT2D eigenvalue weighted by Gasteiger charge is 2.18. The van der Waals surface area contributed by atoms with Crippen molar-refractivity contribution in [3.05, 3.63) is 35.4 Å². The van der Waals surface area contributed by atoms with Crippen molar-refractivity contribution in [3.8, 4) is 0 Å². The lowest BCUT2D eigenvalue weighted by molar-refractivity contribution is 0.0452. The molecule has 1 saturated heterocycles. The van der Waals surface area contributed by atoms with E-state index in [1.54, 1.807) is 24.3 Å². The molecule has 0 radical (unpaired) electrons. The highest BCUT2D eigenvalue weighted by molar-refractivity contribution is 7.91. The van der Waals surface area contributed by atoms with Crippen molar-refractivity contribution < 1.29 is 27.5 Å². The zero-order chi connectivity index (χ0) is 20.1. The first-order valence-corrected chi connectivity index (χ1v) is 11.4. The molecule has 0 amide bonds. The minimum Gasteiger partial charge on any atom is -0.462 e. The molecule has 7 heteroatoms. The average molecular weight is 399 g/mol. The fourth-order valence-corrected chi connectivity index (χ4v) is 3.85. The van der Waals surface area contributed by atoms with Gasteiger partial charge in [-0.1, -0.05) is 38.8 Å². The lowest BCUT2D eigenvalue weighted by Crippen LogP contribution is -2.14. The number of carbonyl (C=O) groups is 2. The Kier molecular flexibility index (Phi) is 10.7. The van der Waals surface area contributed by atoms with Gasteiger partial charge in [-0.15, -0.1) is 0 Å². The van der Waals surface area contributed by atoms with Crippen molar-refractivity contribution in [2.75, 3.05) is 24.7 Å². The number of carbonyl (C=O) groups excluding carboxylic acids is 2. The van der Waals surface area contributed by atoms with Gasteiger partial charge in [-0.05, 0) is 37.8 Å². The molecular weight excluding hydrogens is 368 g/mol. The highest BCUT2D eigenvalue weighted by Crippen LogP contribution is 2.13. The van der Waals surface area contributed by atoms with Gasteiger partial charge < -0.3 is 9.47 Å². The quantitative estimate of drug-likeness (QED) is 0.489. The maximum atomic E-state index is 11.9. The third-order valence-corrected chi connectivity index (χ3v) is 5.81. The largest absolute Gasteiger partial charge is 0.462 e. The summed E-state index contributed by atoms with van der Waals surface area (Å²) in [5, 5.41) is 0. The van der Waals surface area contributed by atoms with Crippen molar-refractivity contribution in [3.63, 3.8) is 0 Å². The molecule has 6 nitrogen and oxygen atoms in total. The predicted octanol–water partition coefficient (Wildman–Crippen LogP) is 3.80. The Morgan fingerprint density at radius 1 is 0.852 bits per heavy atom. The Bertz CT molecular complexity index is 643. The number of ether oxygens (including phenoxy) is 2. The summed E-state index contributed by atoms with van der Waals surface area (Å²) in [5.41, 5.74) is 0.537. The molecule has 0 bridgehead atoms. The Balaban J connectivity index is 0.000000433. The van der Waals surface area contributed by atoms with Crippen molar-refractivity contribution in [1.82, 2.24) is 0 Å². The normalized spacial score (nSPS) is 14.7. The van der Waals surface area contributed by atoms with Gasteiger partial charge in [0, 0.05) is 0 Å². The van der Waals surface area contributed by atoms with Gasteiger partial charge in [0.15, 0.2) is 0 Å². The van der Waals surface area contributed by atoms with Crippen LogP contribution >= 0.6 is 0 Å². The number of unbranched alkanes of at least 4 members (excludes halogenated alkanes) is 2. The van der Waals surface area contributed by atoms with Crippen molar-refractivity contribution in [2.45, 2.75) is 52.4 Å². The summed E-state index contributed by atoms with van der Waals surface area (Å²) in [7, 11) is -2.55. The van der Waals surface area contributed by atoms with Crippen LogP contribution in [-0.2, 0) is 19.3 Å². The third-order valence-electron chi connectivity index (χ3n) is 3.99. The number of hydrogen-bond donors (Lipinski definition) is 0. The summed E-state index contributed by atoms with van der Waals surface area (Å²) in [4.78, 5) is 23.9. The zero-order valence-corrected chi connectivity index (χ0v) is 17.1. The molecule has 1 aromatic carbocycles. The van der Waals surface area contributed by atoms with Gasteiger partial charge in [-0.3, -0.25) is 0 Å². The molecule has 0 unspecified atom stereocenters. The van der Waals surface area contributed by atoms with Gasteiger partial charge in [0.05, 0.1) is 35.8 Å². The number of sulfone groups is 1. The summed E-state index contributed by atoms with van der Waals surface area (Å²) < 4.78 is 31.1. The number of benzene rings is 1. The minimum atomic E-state index is -2.55. The van der Waals surface area contributed by atoms with Crippen LogP contribution in [0.1, 0.15) is 73.1 Å². The Hall–Kier alpha value is -1.89. The first-order chi connectivity index (χ1) is 12.9. The SMILES string of the molecule is CCCCOC(=O)c1ccccc1C(=O)OCCCC.O=S1(=O)CCCC1. The molecule has 0 aliphatic carbocycles. The van der Waals surface area contributed by atoms with E-state index in [4.69, 9.17) is 9.47 Å². The van der Waals surface area contributed by atoms with Gasteiger partial charge in [0.25, 0.3) is 0 Å². The van der Waals surface area contributed by atoms with Crippen LogP contribution in [0.3, 0.4) is 0 Å². The molecule has 0 saturated carbocycles. The fraction of sp³-hybridized carbons (Fsp3) is 0.600. The summed E-state index contributed by atoms with van der Waals surface area (Å²) in [6.45, 7) is 4.78. The Labute approximate surface area is 162 Å². The molecule has 1 aliphatic rings. The molecule has 1 fully saturated rings. The van der Waals surface area contributed by atoms with E-state index >= 15 is 0 Å². The van der Waals surface area contributed by atoms with E-state index in [9.17, 15) is 18.0 Å². The van der Waals surface area contributed by atoms with Crippen LogP contribution in [0.15, 0.2) is 24.3 Å². The second kappa shape index (κ2) is 12.5. The topological polar surface area (TPSA) is 86.7 Å². The summed E-state index contributed by atoms with van der Waals surface area (Å²) in [6.07, 6.45) is 5.29. The summed E-state index contributed by atoms with van der Waals surface area (Å²) in [5.74, 6) is -0.0945. The van der Waals surface area contributed by atoms with E-state index in [0.29, 0.717) is 24.7 Å². The lowest BCUT2D eigenvalue weighted by atomic mass is 10.1. The molecule has 0 atom stereocenters. The standard InChI is InChI=1S/C16H22O4.C4H8O2S/c1-3-5-11-19-15(17)13-9-7-8-10-14(13)16(18)20-12-6-4-2;5-7(6)3-1-2-4-7/h7-10H,3-6,11-12H2,1-2H3;1-4H2. The van der Waals surface area contributed by atoms with Gasteiger partial charge >= 0.3 is 11.9 Å². The van der Waals surface area contributed by atoms with Crippen molar-refractivity contribution in [1.29, 1.82) is 0 Å². The summed E-state index contributed by atoms with van der Waals surface area (Å²) >= 11 is 0. The van der Waals surface area contributed by atoms with Crippen LogP contribution in [0.25, 0.3) is 0 Å². The number of esters is 2. The molecule has 0 spiro atoms. The van der Waals surface area contributed by atoms with Gasteiger partial charge in [-0.2, -0.15) is 0 Å². The number of rotatable bonds is 8. The van der Waals surface area contributed by atoms with Crippen LogP contribution in [0.4, 0.5) is 0 Å². The zero-order valence-electron chi connectivity index (χ0n) is 16.2. The average Bonchev–Trinajstić information content (AvgIpc) is 3.06. The van der Waals surface area contributed by atoms with E-state index in [0.717, 1.165) is 38.5 Å². The summed E-state index contributed by atoms with van der Waals surface area (Å²) in [6, 6.07) is 6.59. The van der Waals surface area contributed by atoms with Crippen molar-refractivity contribution >= 4 is 21.8 Å². The number of hydrogen-bond acceptors (Lipinski definition) is 6. The van der Waals surface area contributed by atoms with Crippen LogP contribution < -0.4 is 0 Å². The van der Waals surface area contributed by atoms with E-state index in [1.807, 2.05) is 13.8 Å². The van der Waals surface area contributed by atoms with Gasteiger partial charge in [0.2, 0.25) is 0 Å². The fourth-order valence-electron chi connectivity index (χ4n) is 2.36. The molecule has 152 valence electrons. The molecule has 0 aromatic heterocycles. The smallest absolute Gasteiger partial charge is 0.339 e. The second-order valence-corrected chi connectivity index (χ2v) is 8.69. The molecule has 27 heavy (non-hydrogen) atoms. The monoisotopic (exact) mass is 398 g/mol. The van der Waals surface area contributed by atoms with E-state index in [1.165, 1.54) is 0 Å². The van der Waals surface area contributed by atoms with Gasteiger partial charge in [-0.25, -0.2) is 18.0 Å².